The van der Waals surface area contributed by atoms with E-state index >= 15 is 0 Å². The number of carboxylic acids is 1. The number of ketones is 1. The number of carbonyl (C=O) groups is 2. The van der Waals surface area contributed by atoms with Crippen LogP contribution in [0.25, 0.3) is 6.08 Å². The van der Waals surface area contributed by atoms with Gasteiger partial charge in [0.25, 0.3) is 0 Å². The van der Waals surface area contributed by atoms with Gasteiger partial charge in [0.1, 0.15) is 5.76 Å². The van der Waals surface area contributed by atoms with Gasteiger partial charge in [-0.15, -0.1) is 0 Å². The van der Waals surface area contributed by atoms with Gasteiger partial charge in [0.15, 0.2) is 5.78 Å². The van der Waals surface area contributed by atoms with Crippen molar-refractivity contribution < 1.29 is 19.1 Å². The van der Waals surface area contributed by atoms with Gasteiger partial charge in [0, 0.05) is 5.41 Å². The second-order valence-corrected chi connectivity index (χ2v) is 15.6. The summed E-state index contributed by atoms with van der Waals surface area (Å²) in [5.74, 6) is 2.23. The van der Waals surface area contributed by atoms with Crippen LogP contribution < -0.4 is 0 Å². The molecule has 1 aromatic heterocycles. The summed E-state index contributed by atoms with van der Waals surface area (Å²) < 4.78 is 5.65. The first-order chi connectivity index (χ1) is 18.2. The van der Waals surface area contributed by atoms with E-state index in [1.54, 1.807) is 6.26 Å². The Hall–Kier alpha value is -2.10. The van der Waals surface area contributed by atoms with E-state index in [2.05, 4.69) is 48.1 Å². The van der Waals surface area contributed by atoms with Gasteiger partial charge in [-0.2, -0.15) is 0 Å². The molecule has 0 amide bonds. The van der Waals surface area contributed by atoms with Crippen molar-refractivity contribution >= 4 is 17.8 Å². The molecule has 6 rings (SSSR count). The molecule has 1 heterocycles. The maximum atomic E-state index is 13.9. The Morgan fingerprint density at radius 1 is 1.00 bits per heavy atom. The molecule has 0 saturated heterocycles. The van der Waals surface area contributed by atoms with Gasteiger partial charge in [0.2, 0.25) is 0 Å². The number of carbonyl (C=O) groups excluding carboxylic acids is 1. The van der Waals surface area contributed by atoms with Gasteiger partial charge < -0.3 is 9.52 Å². The highest BCUT2D eigenvalue weighted by Crippen LogP contribution is 2.77. The van der Waals surface area contributed by atoms with Crippen molar-refractivity contribution in [1.82, 2.24) is 0 Å². The van der Waals surface area contributed by atoms with Gasteiger partial charge in [-0.25, -0.2) is 0 Å². The summed E-state index contributed by atoms with van der Waals surface area (Å²) in [5, 5.41) is 10.6. The van der Waals surface area contributed by atoms with Crippen molar-refractivity contribution in [3.8, 4) is 0 Å². The van der Waals surface area contributed by atoms with Crippen LogP contribution in [0.2, 0.25) is 0 Å². The largest absolute Gasteiger partial charge is 0.481 e. The molecule has 0 radical (unpaired) electrons. The van der Waals surface area contributed by atoms with Crippen LogP contribution in [0.4, 0.5) is 0 Å². The number of rotatable bonds is 3. The van der Waals surface area contributed by atoms with E-state index in [4.69, 9.17) is 4.42 Å². The zero-order valence-corrected chi connectivity index (χ0v) is 24.9. The van der Waals surface area contributed by atoms with Crippen LogP contribution in [0.15, 0.2) is 40.5 Å². The van der Waals surface area contributed by atoms with Crippen molar-refractivity contribution in [2.24, 2.45) is 56.7 Å². The minimum absolute atomic E-state index is 0.0155. The fourth-order valence-corrected chi connectivity index (χ4v) is 12.0. The van der Waals surface area contributed by atoms with Crippen LogP contribution in [-0.4, -0.2) is 16.9 Å². The van der Waals surface area contributed by atoms with Crippen molar-refractivity contribution in [2.75, 3.05) is 0 Å². The molecule has 0 aliphatic heterocycles. The third-order valence-corrected chi connectivity index (χ3v) is 13.9. The van der Waals surface area contributed by atoms with E-state index in [0.29, 0.717) is 23.7 Å². The molecule has 5 fully saturated rings. The summed E-state index contributed by atoms with van der Waals surface area (Å²) in [4.78, 5) is 26.8. The highest BCUT2D eigenvalue weighted by atomic mass is 16.4. The number of allylic oxidation sites excluding steroid dienone is 2. The molecule has 0 spiro atoms. The van der Waals surface area contributed by atoms with E-state index in [-0.39, 0.29) is 27.9 Å². The summed E-state index contributed by atoms with van der Waals surface area (Å²) >= 11 is 0. The molecule has 1 aromatic rings. The lowest BCUT2D eigenvalue weighted by molar-refractivity contribution is -0.231. The summed E-state index contributed by atoms with van der Waals surface area (Å²) in [6.45, 7) is 18.4. The molecular weight excluding hydrogens is 484 g/mol. The van der Waals surface area contributed by atoms with Crippen LogP contribution in [-0.2, 0) is 9.59 Å². The quantitative estimate of drug-likeness (QED) is 0.313. The molecule has 0 aromatic carbocycles. The first kappa shape index (κ1) is 27.1. The van der Waals surface area contributed by atoms with E-state index in [9.17, 15) is 14.7 Å². The van der Waals surface area contributed by atoms with Crippen LogP contribution in [0, 0.1) is 56.7 Å². The predicted molar refractivity (Wildman–Crippen MR) is 154 cm³/mol. The molecule has 5 aliphatic carbocycles. The first-order valence-electron chi connectivity index (χ1n) is 15.4. The van der Waals surface area contributed by atoms with E-state index in [0.717, 1.165) is 69.1 Å². The van der Waals surface area contributed by atoms with Crippen LogP contribution in [0.3, 0.4) is 0 Å². The number of furan rings is 1. The molecule has 4 nitrogen and oxygen atoms in total. The fraction of sp³-hybridized carbons (Fsp3) is 0.714. The molecule has 0 unspecified atom stereocenters. The monoisotopic (exact) mass is 532 g/mol. The second-order valence-electron chi connectivity index (χ2n) is 15.6. The van der Waals surface area contributed by atoms with E-state index in [1.807, 2.05) is 18.2 Å². The molecule has 4 heteroatoms. The van der Waals surface area contributed by atoms with Crippen LogP contribution in [0.1, 0.15) is 105 Å². The third-order valence-electron chi connectivity index (χ3n) is 13.9. The Kier molecular flexibility index (Phi) is 5.88. The van der Waals surface area contributed by atoms with Crippen LogP contribution >= 0.6 is 0 Å². The van der Waals surface area contributed by atoms with E-state index in [1.165, 1.54) is 5.57 Å². The molecule has 5 aliphatic rings. The molecule has 39 heavy (non-hydrogen) atoms. The van der Waals surface area contributed by atoms with Crippen LogP contribution in [0.5, 0.6) is 0 Å². The number of hydrogen-bond donors (Lipinski definition) is 1. The number of fused-ring (bicyclic) bond motifs is 7. The normalized spacial score (nSPS) is 47.6. The lowest BCUT2D eigenvalue weighted by Crippen LogP contribution is -2.67. The van der Waals surface area contributed by atoms with Crippen molar-refractivity contribution in [2.45, 2.75) is 99.3 Å². The maximum absolute atomic E-state index is 13.9. The topological polar surface area (TPSA) is 67.5 Å². The average Bonchev–Trinajstić information content (AvgIpc) is 3.51. The zero-order valence-electron chi connectivity index (χ0n) is 24.9. The summed E-state index contributed by atoms with van der Waals surface area (Å²) in [5.41, 5.74) is 1.30. The maximum Gasteiger partial charge on any atom is 0.309 e. The Labute approximate surface area is 234 Å². The lowest BCUT2D eigenvalue weighted by Gasteiger charge is -2.72. The fourth-order valence-electron chi connectivity index (χ4n) is 12.0. The molecule has 212 valence electrons. The minimum Gasteiger partial charge on any atom is -0.481 e. The van der Waals surface area contributed by atoms with Gasteiger partial charge in [-0.3, -0.25) is 9.59 Å². The standard InChI is InChI=1S/C35H48O4/c1-21(2)24-12-15-35(30(37)38)17-16-33(6)25(28(24)35)10-11-27-32(5)20-22(19-23-9-8-18-39-23)29(36)31(3,4)26(32)13-14-34(27,33)7/h8-9,18-19,24-28H,1,10-17,20H2,2-7H3,(H,37,38)/b22-19-/t24-,25+,26-,27+,28-,32-,33+,34+,35-/m0/s1. The third kappa shape index (κ3) is 3.35. The molecule has 5 saturated carbocycles. The molecule has 1 N–H and O–H groups in total. The molecular formula is C35H48O4. The van der Waals surface area contributed by atoms with Gasteiger partial charge >= 0.3 is 5.97 Å². The van der Waals surface area contributed by atoms with Gasteiger partial charge in [-0.05, 0) is 134 Å². The second kappa shape index (κ2) is 8.46. The first-order valence-corrected chi connectivity index (χ1v) is 15.4. The molecule has 9 atom stereocenters. The number of hydrogen-bond acceptors (Lipinski definition) is 3. The van der Waals surface area contributed by atoms with E-state index < -0.39 is 16.8 Å². The minimum atomic E-state index is -0.587. The Morgan fingerprint density at radius 3 is 2.38 bits per heavy atom. The van der Waals surface area contributed by atoms with Gasteiger partial charge in [-0.1, -0.05) is 46.8 Å². The predicted octanol–water partition coefficient (Wildman–Crippen LogP) is 8.58. The SMILES string of the molecule is C=C(C)[C@@H]1CC[C@]2(C(=O)O)CC[C@]3(C)[C@H](CC[C@@H]4[C@@]5(C)C/C(=C/c6ccco6)C(=O)C(C)(C)[C@@H]5CC[C@]43C)[C@H]12. The summed E-state index contributed by atoms with van der Waals surface area (Å²) in [6, 6.07) is 3.83. The van der Waals surface area contributed by atoms with Gasteiger partial charge in [0.05, 0.1) is 11.7 Å². The van der Waals surface area contributed by atoms with Crippen molar-refractivity contribution in [3.05, 3.63) is 41.9 Å². The lowest BCUT2D eigenvalue weighted by atomic mass is 9.32. The average molecular weight is 533 g/mol. The Bertz CT molecular complexity index is 1240. The van der Waals surface area contributed by atoms with Crippen molar-refractivity contribution in [1.29, 1.82) is 0 Å². The Balaban J connectivity index is 1.42. The summed E-state index contributed by atoms with van der Waals surface area (Å²) in [6.07, 6.45) is 12.4. The molecule has 0 bridgehead atoms. The number of aliphatic carboxylic acids is 1. The number of carboxylic acid groups (broad SMARTS) is 1. The number of Topliss-reactive ketones (excluding diaryl/α,β-unsaturated/α-hetero) is 1. The highest BCUT2D eigenvalue weighted by molar-refractivity contribution is 6.04. The highest BCUT2D eigenvalue weighted by Gasteiger charge is 2.72. The Morgan fingerprint density at radius 2 is 1.74 bits per heavy atom. The van der Waals surface area contributed by atoms with Crippen molar-refractivity contribution in [3.63, 3.8) is 0 Å². The smallest absolute Gasteiger partial charge is 0.309 e. The summed E-state index contributed by atoms with van der Waals surface area (Å²) in [7, 11) is 0. The zero-order chi connectivity index (χ0) is 28.2.